The molecule has 4 heteroatoms. The summed E-state index contributed by atoms with van der Waals surface area (Å²) < 4.78 is 5.30. The molecule has 0 aromatic heterocycles. The number of hydrogen-bond acceptors (Lipinski definition) is 3. The molecule has 1 spiro atoms. The van der Waals surface area contributed by atoms with E-state index in [2.05, 4.69) is 34.5 Å². The first-order chi connectivity index (χ1) is 12.7. The molecule has 0 bridgehead atoms. The summed E-state index contributed by atoms with van der Waals surface area (Å²) in [6.45, 7) is 3.32. The van der Waals surface area contributed by atoms with Crippen molar-refractivity contribution in [1.29, 1.82) is 0 Å². The average Bonchev–Trinajstić information content (AvgIpc) is 2.95. The molecule has 1 N–H and O–H groups in total. The number of likely N-dealkylation sites (tertiary alicyclic amines) is 1. The first-order valence-electron chi connectivity index (χ1n) is 9.41. The predicted molar refractivity (Wildman–Crippen MR) is 102 cm³/mol. The van der Waals surface area contributed by atoms with Gasteiger partial charge in [0.05, 0.1) is 12.5 Å². The largest absolute Gasteiger partial charge is 0.497 e. The second-order valence-corrected chi connectivity index (χ2v) is 7.40. The standard InChI is InChI=1S/C22H26N2O2/c1-26-19-9-7-18(8-10-19)20-16-24(15-17-5-3-2-4-6-17)21(25)22(20)11-13-23-14-12-22/h2-10,20,23H,11-16H2,1H3. The van der Waals surface area contributed by atoms with Crippen molar-refractivity contribution in [3.8, 4) is 5.75 Å². The Morgan fingerprint density at radius 2 is 1.77 bits per heavy atom. The molecule has 2 fully saturated rings. The molecule has 4 rings (SSSR count). The number of methoxy groups -OCH3 is 1. The molecule has 2 heterocycles. The number of piperidine rings is 1. The number of ether oxygens (including phenoxy) is 1. The molecule has 2 aliphatic heterocycles. The van der Waals surface area contributed by atoms with Gasteiger partial charge in [0.1, 0.15) is 5.75 Å². The van der Waals surface area contributed by atoms with Crippen LogP contribution >= 0.6 is 0 Å². The third-order valence-electron chi connectivity index (χ3n) is 6.01. The lowest BCUT2D eigenvalue weighted by Gasteiger charge is -2.36. The maximum atomic E-state index is 13.5. The number of hydrogen-bond donors (Lipinski definition) is 1. The van der Waals surface area contributed by atoms with Crippen LogP contribution in [-0.4, -0.2) is 37.6 Å². The molecule has 0 saturated carbocycles. The monoisotopic (exact) mass is 350 g/mol. The van der Waals surface area contributed by atoms with Crippen LogP contribution in [-0.2, 0) is 11.3 Å². The summed E-state index contributed by atoms with van der Waals surface area (Å²) in [6, 6.07) is 18.6. The van der Waals surface area contributed by atoms with Gasteiger partial charge in [-0.2, -0.15) is 0 Å². The van der Waals surface area contributed by atoms with E-state index in [0.29, 0.717) is 12.5 Å². The highest BCUT2D eigenvalue weighted by atomic mass is 16.5. The Morgan fingerprint density at radius 3 is 2.42 bits per heavy atom. The fourth-order valence-corrected chi connectivity index (χ4v) is 4.58. The zero-order valence-corrected chi connectivity index (χ0v) is 15.3. The highest BCUT2D eigenvalue weighted by molar-refractivity contribution is 5.87. The Labute approximate surface area is 155 Å². The third-order valence-corrected chi connectivity index (χ3v) is 6.01. The van der Waals surface area contributed by atoms with Crippen LogP contribution in [0.3, 0.4) is 0 Å². The van der Waals surface area contributed by atoms with Crippen LogP contribution in [0.2, 0.25) is 0 Å². The zero-order valence-electron chi connectivity index (χ0n) is 15.3. The number of carbonyl (C=O) groups excluding carboxylic acids is 1. The maximum absolute atomic E-state index is 13.5. The van der Waals surface area contributed by atoms with Crippen LogP contribution < -0.4 is 10.1 Å². The fraction of sp³-hybridized carbons (Fsp3) is 0.409. The van der Waals surface area contributed by atoms with E-state index < -0.39 is 0 Å². The van der Waals surface area contributed by atoms with Gasteiger partial charge in [-0.15, -0.1) is 0 Å². The molecule has 4 nitrogen and oxygen atoms in total. The summed E-state index contributed by atoms with van der Waals surface area (Å²) in [5, 5.41) is 3.42. The second-order valence-electron chi connectivity index (χ2n) is 7.40. The Bertz CT molecular complexity index is 751. The van der Waals surface area contributed by atoms with Crippen LogP contribution in [0.1, 0.15) is 29.9 Å². The molecule has 2 saturated heterocycles. The van der Waals surface area contributed by atoms with Gasteiger partial charge in [0, 0.05) is 19.0 Å². The molecule has 0 radical (unpaired) electrons. The number of benzene rings is 2. The molecular formula is C22H26N2O2. The number of rotatable bonds is 4. The number of amides is 1. The van der Waals surface area contributed by atoms with E-state index in [-0.39, 0.29) is 11.3 Å². The number of nitrogens with one attached hydrogen (secondary N) is 1. The molecule has 2 aromatic carbocycles. The second kappa shape index (κ2) is 7.12. The van der Waals surface area contributed by atoms with Crippen LogP contribution in [0.15, 0.2) is 54.6 Å². The van der Waals surface area contributed by atoms with Gasteiger partial charge in [0.15, 0.2) is 0 Å². The first-order valence-corrected chi connectivity index (χ1v) is 9.41. The minimum atomic E-state index is -0.269. The topological polar surface area (TPSA) is 41.6 Å². The van der Waals surface area contributed by atoms with Crippen molar-refractivity contribution in [2.24, 2.45) is 5.41 Å². The van der Waals surface area contributed by atoms with Gasteiger partial charge in [-0.25, -0.2) is 0 Å². The lowest BCUT2D eigenvalue weighted by molar-refractivity contribution is -0.138. The normalized spacial score (nSPS) is 22.0. The minimum Gasteiger partial charge on any atom is -0.497 e. The van der Waals surface area contributed by atoms with Crippen molar-refractivity contribution < 1.29 is 9.53 Å². The zero-order chi connectivity index (χ0) is 18.0. The minimum absolute atomic E-state index is 0.242. The molecule has 1 atom stereocenters. The van der Waals surface area contributed by atoms with Crippen molar-refractivity contribution in [2.75, 3.05) is 26.7 Å². The van der Waals surface area contributed by atoms with Crippen molar-refractivity contribution in [3.05, 3.63) is 65.7 Å². The highest BCUT2D eigenvalue weighted by Crippen LogP contribution is 2.50. The fourth-order valence-electron chi connectivity index (χ4n) is 4.58. The molecule has 1 unspecified atom stereocenters. The van der Waals surface area contributed by atoms with E-state index in [4.69, 9.17) is 4.74 Å². The summed E-state index contributed by atoms with van der Waals surface area (Å²) in [7, 11) is 1.68. The van der Waals surface area contributed by atoms with E-state index in [1.54, 1.807) is 7.11 Å². The number of nitrogens with zero attached hydrogens (tertiary/aromatic N) is 1. The van der Waals surface area contributed by atoms with E-state index >= 15 is 0 Å². The Kier molecular flexibility index (Phi) is 4.68. The molecule has 26 heavy (non-hydrogen) atoms. The van der Waals surface area contributed by atoms with E-state index in [1.807, 2.05) is 30.3 Å². The van der Waals surface area contributed by atoms with Crippen LogP contribution in [0.25, 0.3) is 0 Å². The summed E-state index contributed by atoms with van der Waals surface area (Å²) >= 11 is 0. The van der Waals surface area contributed by atoms with Crippen molar-refractivity contribution in [2.45, 2.75) is 25.3 Å². The van der Waals surface area contributed by atoms with Gasteiger partial charge in [-0.05, 0) is 49.2 Å². The van der Waals surface area contributed by atoms with Gasteiger partial charge in [-0.1, -0.05) is 42.5 Å². The molecule has 0 aliphatic carbocycles. The van der Waals surface area contributed by atoms with Crippen LogP contribution in [0.4, 0.5) is 0 Å². The summed E-state index contributed by atoms with van der Waals surface area (Å²) in [6.07, 6.45) is 1.82. The molecule has 136 valence electrons. The van der Waals surface area contributed by atoms with Gasteiger partial charge < -0.3 is 15.0 Å². The number of carbonyl (C=O) groups is 1. The van der Waals surface area contributed by atoms with Gasteiger partial charge in [0.2, 0.25) is 5.91 Å². The molecule has 2 aliphatic rings. The van der Waals surface area contributed by atoms with Crippen molar-refractivity contribution in [1.82, 2.24) is 10.2 Å². The van der Waals surface area contributed by atoms with Crippen molar-refractivity contribution >= 4 is 5.91 Å². The summed E-state index contributed by atoms with van der Waals surface area (Å²) in [5.41, 5.74) is 2.17. The Hall–Kier alpha value is -2.33. The predicted octanol–water partition coefficient (Wildman–Crippen LogP) is 3.19. The van der Waals surface area contributed by atoms with Gasteiger partial charge >= 0.3 is 0 Å². The summed E-state index contributed by atoms with van der Waals surface area (Å²) in [5.74, 6) is 1.42. The SMILES string of the molecule is COc1ccc(C2CN(Cc3ccccc3)C(=O)C23CCNCC3)cc1. The quantitative estimate of drug-likeness (QED) is 0.921. The lowest BCUT2D eigenvalue weighted by atomic mass is 9.68. The Balaban J connectivity index is 1.65. The summed E-state index contributed by atoms with van der Waals surface area (Å²) in [4.78, 5) is 15.5. The van der Waals surface area contributed by atoms with Crippen LogP contribution in [0, 0.1) is 5.41 Å². The lowest BCUT2D eigenvalue weighted by Crippen LogP contribution is -2.44. The smallest absolute Gasteiger partial charge is 0.229 e. The third kappa shape index (κ3) is 2.99. The molecule has 2 aromatic rings. The average molecular weight is 350 g/mol. The highest BCUT2D eigenvalue weighted by Gasteiger charge is 2.54. The first kappa shape index (κ1) is 17.1. The molecular weight excluding hydrogens is 324 g/mol. The van der Waals surface area contributed by atoms with E-state index in [9.17, 15) is 4.79 Å². The van der Waals surface area contributed by atoms with Crippen molar-refractivity contribution in [3.63, 3.8) is 0 Å². The van der Waals surface area contributed by atoms with Gasteiger partial charge in [0.25, 0.3) is 0 Å². The van der Waals surface area contributed by atoms with Crippen LogP contribution in [0.5, 0.6) is 5.75 Å². The van der Waals surface area contributed by atoms with E-state index in [1.165, 1.54) is 11.1 Å². The maximum Gasteiger partial charge on any atom is 0.229 e. The molecule has 1 amide bonds. The Morgan fingerprint density at radius 1 is 1.08 bits per heavy atom. The van der Waals surface area contributed by atoms with Gasteiger partial charge in [-0.3, -0.25) is 4.79 Å². The van der Waals surface area contributed by atoms with E-state index in [0.717, 1.165) is 38.2 Å².